The molecule has 2 saturated carbocycles. The van der Waals surface area contributed by atoms with Crippen molar-refractivity contribution in [1.82, 2.24) is 5.32 Å². The maximum absolute atomic E-state index is 10.3. The molecule has 4 heteroatoms. The zero-order chi connectivity index (χ0) is 16.5. The van der Waals surface area contributed by atoms with Crippen LogP contribution in [0.15, 0.2) is 24.3 Å². The SMILES string of the molecule is C1CCC(NC2CCCCC2)CC1.O=C(O)c1ccc(Cl)cc1. The number of aromatic carboxylic acids is 1. The van der Waals surface area contributed by atoms with E-state index in [9.17, 15) is 4.79 Å². The van der Waals surface area contributed by atoms with E-state index < -0.39 is 5.97 Å². The van der Waals surface area contributed by atoms with Gasteiger partial charge in [-0.15, -0.1) is 0 Å². The predicted molar refractivity (Wildman–Crippen MR) is 95.3 cm³/mol. The normalized spacial score (nSPS) is 19.7. The smallest absolute Gasteiger partial charge is 0.335 e. The second kappa shape index (κ2) is 9.94. The Labute approximate surface area is 144 Å². The molecule has 2 fully saturated rings. The van der Waals surface area contributed by atoms with Gasteiger partial charge in [0.15, 0.2) is 0 Å². The molecule has 0 unspecified atom stereocenters. The average molecular weight is 338 g/mol. The number of hydrogen-bond donors (Lipinski definition) is 2. The van der Waals surface area contributed by atoms with E-state index in [1.165, 1.54) is 76.3 Å². The van der Waals surface area contributed by atoms with Crippen molar-refractivity contribution in [3.8, 4) is 0 Å². The van der Waals surface area contributed by atoms with Crippen LogP contribution in [0.3, 0.4) is 0 Å². The third kappa shape index (κ3) is 6.92. The molecule has 1 aromatic carbocycles. The highest BCUT2D eigenvalue weighted by Gasteiger charge is 2.19. The maximum atomic E-state index is 10.3. The Bertz CT molecular complexity index is 447. The molecule has 0 aromatic heterocycles. The number of hydrogen-bond acceptors (Lipinski definition) is 2. The topological polar surface area (TPSA) is 49.3 Å². The van der Waals surface area contributed by atoms with Crippen LogP contribution in [0.25, 0.3) is 0 Å². The highest BCUT2D eigenvalue weighted by Crippen LogP contribution is 2.22. The van der Waals surface area contributed by atoms with Crippen molar-refractivity contribution in [2.75, 3.05) is 0 Å². The van der Waals surface area contributed by atoms with Crippen molar-refractivity contribution in [1.29, 1.82) is 0 Å². The van der Waals surface area contributed by atoms with Gasteiger partial charge < -0.3 is 10.4 Å². The molecule has 3 nitrogen and oxygen atoms in total. The highest BCUT2D eigenvalue weighted by atomic mass is 35.5. The van der Waals surface area contributed by atoms with Crippen molar-refractivity contribution >= 4 is 17.6 Å². The van der Waals surface area contributed by atoms with E-state index in [-0.39, 0.29) is 5.56 Å². The van der Waals surface area contributed by atoms with E-state index in [1.54, 1.807) is 12.1 Å². The lowest BCUT2D eigenvalue weighted by Crippen LogP contribution is -2.40. The summed E-state index contributed by atoms with van der Waals surface area (Å²) < 4.78 is 0. The Morgan fingerprint density at radius 3 is 1.70 bits per heavy atom. The molecule has 0 heterocycles. The lowest BCUT2D eigenvalue weighted by Gasteiger charge is -2.30. The first-order valence-corrected chi connectivity index (χ1v) is 9.28. The fourth-order valence-corrected chi connectivity index (χ4v) is 3.59. The molecule has 0 spiro atoms. The van der Waals surface area contributed by atoms with Gasteiger partial charge in [-0.05, 0) is 49.9 Å². The van der Waals surface area contributed by atoms with Crippen molar-refractivity contribution < 1.29 is 9.90 Å². The van der Waals surface area contributed by atoms with E-state index in [4.69, 9.17) is 16.7 Å². The summed E-state index contributed by atoms with van der Waals surface area (Å²) in [6, 6.07) is 7.76. The molecule has 23 heavy (non-hydrogen) atoms. The molecule has 0 aliphatic heterocycles. The monoisotopic (exact) mass is 337 g/mol. The molecular weight excluding hydrogens is 310 g/mol. The minimum Gasteiger partial charge on any atom is -0.478 e. The van der Waals surface area contributed by atoms with Crippen molar-refractivity contribution in [3.05, 3.63) is 34.9 Å². The Kier molecular flexibility index (Phi) is 7.90. The quantitative estimate of drug-likeness (QED) is 0.788. The first-order chi connectivity index (χ1) is 11.1. The fraction of sp³-hybridized carbons (Fsp3) is 0.632. The predicted octanol–water partition coefficient (Wildman–Crippen LogP) is 5.28. The number of carbonyl (C=O) groups is 1. The summed E-state index contributed by atoms with van der Waals surface area (Å²) in [4.78, 5) is 10.3. The zero-order valence-electron chi connectivity index (χ0n) is 13.8. The van der Waals surface area contributed by atoms with Crippen LogP contribution in [0.1, 0.15) is 74.6 Å². The Hall–Kier alpha value is -1.06. The van der Waals surface area contributed by atoms with E-state index in [0.29, 0.717) is 5.02 Å². The molecule has 128 valence electrons. The molecule has 0 radical (unpaired) electrons. The van der Waals surface area contributed by atoms with Crippen molar-refractivity contribution in [3.63, 3.8) is 0 Å². The van der Waals surface area contributed by atoms with Crippen LogP contribution < -0.4 is 5.32 Å². The molecule has 2 aliphatic rings. The molecule has 1 aromatic rings. The van der Waals surface area contributed by atoms with Crippen LogP contribution in [-0.4, -0.2) is 23.2 Å². The van der Waals surface area contributed by atoms with Crippen molar-refractivity contribution in [2.24, 2.45) is 0 Å². The molecule has 0 atom stereocenters. The van der Waals surface area contributed by atoms with E-state index >= 15 is 0 Å². The summed E-state index contributed by atoms with van der Waals surface area (Å²) >= 11 is 5.52. The van der Waals surface area contributed by atoms with Gasteiger partial charge in [0.2, 0.25) is 0 Å². The van der Waals surface area contributed by atoms with Crippen LogP contribution in [0.4, 0.5) is 0 Å². The van der Waals surface area contributed by atoms with E-state index in [1.807, 2.05) is 0 Å². The molecule has 0 saturated heterocycles. The zero-order valence-corrected chi connectivity index (χ0v) is 14.5. The van der Waals surface area contributed by atoms with Crippen LogP contribution in [-0.2, 0) is 0 Å². The van der Waals surface area contributed by atoms with Crippen molar-refractivity contribution in [2.45, 2.75) is 76.3 Å². The second-order valence-corrected chi connectivity index (χ2v) is 7.09. The van der Waals surface area contributed by atoms with Gasteiger partial charge in [0, 0.05) is 17.1 Å². The highest BCUT2D eigenvalue weighted by molar-refractivity contribution is 6.30. The fourth-order valence-electron chi connectivity index (χ4n) is 3.46. The Morgan fingerprint density at radius 2 is 1.30 bits per heavy atom. The third-order valence-corrected chi connectivity index (χ3v) is 5.02. The molecule has 0 amide bonds. The van der Waals surface area contributed by atoms with Gasteiger partial charge in [-0.3, -0.25) is 0 Å². The summed E-state index contributed by atoms with van der Waals surface area (Å²) in [5.74, 6) is -0.934. The van der Waals surface area contributed by atoms with Gasteiger partial charge in [0.05, 0.1) is 5.56 Å². The minimum absolute atomic E-state index is 0.254. The second-order valence-electron chi connectivity index (χ2n) is 6.65. The lowest BCUT2D eigenvalue weighted by atomic mass is 9.91. The van der Waals surface area contributed by atoms with Gasteiger partial charge >= 0.3 is 5.97 Å². The van der Waals surface area contributed by atoms with Crippen LogP contribution >= 0.6 is 11.6 Å². The maximum Gasteiger partial charge on any atom is 0.335 e. The summed E-state index contributed by atoms with van der Waals surface area (Å²) in [5, 5.41) is 12.8. The van der Waals surface area contributed by atoms with Crippen LogP contribution in [0.2, 0.25) is 5.02 Å². The van der Waals surface area contributed by atoms with Gasteiger partial charge in [-0.25, -0.2) is 4.79 Å². The minimum atomic E-state index is -0.934. The number of carboxylic acids is 1. The number of halogens is 1. The number of rotatable bonds is 3. The summed E-state index contributed by atoms with van der Waals surface area (Å²) in [5.41, 5.74) is 0.254. The van der Waals surface area contributed by atoms with Gasteiger partial charge in [-0.1, -0.05) is 50.1 Å². The Morgan fingerprint density at radius 1 is 0.870 bits per heavy atom. The summed E-state index contributed by atoms with van der Waals surface area (Å²) in [7, 11) is 0. The first-order valence-electron chi connectivity index (χ1n) is 8.90. The molecule has 2 aliphatic carbocycles. The average Bonchev–Trinajstić information content (AvgIpc) is 2.58. The van der Waals surface area contributed by atoms with Crippen LogP contribution in [0.5, 0.6) is 0 Å². The summed E-state index contributed by atoms with van der Waals surface area (Å²) in [6.07, 6.45) is 14.6. The molecular formula is C19H28ClNO2. The van der Waals surface area contributed by atoms with Gasteiger partial charge in [-0.2, -0.15) is 0 Å². The van der Waals surface area contributed by atoms with E-state index in [0.717, 1.165) is 12.1 Å². The third-order valence-electron chi connectivity index (χ3n) is 4.77. The van der Waals surface area contributed by atoms with Crippen LogP contribution in [0, 0.1) is 0 Å². The first kappa shape index (κ1) is 18.3. The largest absolute Gasteiger partial charge is 0.478 e. The Balaban J connectivity index is 0.000000174. The summed E-state index contributed by atoms with van der Waals surface area (Å²) in [6.45, 7) is 0. The molecule has 3 rings (SSSR count). The molecule has 0 bridgehead atoms. The van der Waals surface area contributed by atoms with E-state index in [2.05, 4.69) is 5.32 Å². The molecule has 2 N–H and O–H groups in total. The van der Waals surface area contributed by atoms with Gasteiger partial charge in [0.1, 0.15) is 0 Å². The van der Waals surface area contributed by atoms with Gasteiger partial charge in [0.25, 0.3) is 0 Å². The lowest BCUT2D eigenvalue weighted by molar-refractivity contribution is 0.0697. The number of carboxylic acid groups (broad SMARTS) is 1. The standard InChI is InChI=1S/C12H23N.C7H5ClO2/c1-3-7-11(8-4-1)13-12-9-5-2-6-10-12;8-6-3-1-5(2-4-6)7(9)10/h11-13H,1-10H2;1-4H,(H,9,10). The number of nitrogens with one attached hydrogen (secondary N) is 1. The number of benzene rings is 1.